The molecule has 0 fully saturated rings. The summed E-state index contributed by atoms with van der Waals surface area (Å²) in [5, 5.41) is 2.48. The second-order valence-electron chi connectivity index (χ2n) is 2.53. The Hall–Kier alpha value is -2.15. The van der Waals surface area contributed by atoms with Crippen LogP contribution in [0.4, 0.5) is 16.2 Å². The van der Waals surface area contributed by atoms with Crippen LogP contribution in [0.1, 0.15) is 0 Å². The van der Waals surface area contributed by atoms with Crippen LogP contribution in [0.25, 0.3) is 0 Å². The third-order valence-electron chi connectivity index (χ3n) is 1.42. The van der Waals surface area contributed by atoms with Gasteiger partial charge in [0.1, 0.15) is 0 Å². The fourth-order valence-electron chi connectivity index (χ4n) is 0.878. The maximum atomic E-state index is 11.0. The summed E-state index contributed by atoms with van der Waals surface area (Å²) in [6.07, 6.45) is 4.33. The van der Waals surface area contributed by atoms with Crippen molar-refractivity contribution in [2.75, 3.05) is 17.7 Å². The number of nitrogen functional groups attached to an aromatic ring is 1. The summed E-state index contributed by atoms with van der Waals surface area (Å²) in [5.41, 5.74) is 6.66. The molecule has 0 atom stereocenters. The van der Waals surface area contributed by atoms with E-state index in [1.807, 2.05) is 0 Å². The second-order valence-corrected chi connectivity index (χ2v) is 2.53. The highest BCUT2D eigenvalue weighted by Crippen LogP contribution is 2.11. The van der Waals surface area contributed by atoms with Crippen molar-refractivity contribution < 1.29 is 9.53 Å². The van der Waals surface area contributed by atoms with Crippen molar-refractivity contribution in [1.29, 1.82) is 0 Å². The van der Waals surface area contributed by atoms with Gasteiger partial charge in [-0.1, -0.05) is 12.0 Å². The Labute approximate surface area is 82.1 Å². The maximum Gasteiger partial charge on any atom is 0.412 e. The fourth-order valence-corrected chi connectivity index (χ4v) is 0.878. The van der Waals surface area contributed by atoms with Crippen molar-refractivity contribution in [3.63, 3.8) is 0 Å². The first-order valence-corrected chi connectivity index (χ1v) is 3.95. The van der Waals surface area contributed by atoms with E-state index in [1.54, 1.807) is 24.3 Å². The van der Waals surface area contributed by atoms with Gasteiger partial charge in [-0.25, -0.2) is 4.79 Å². The van der Waals surface area contributed by atoms with Crippen LogP contribution in [0.3, 0.4) is 0 Å². The first kappa shape index (κ1) is 9.93. The van der Waals surface area contributed by atoms with E-state index >= 15 is 0 Å². The van der Waals surface area contributed by atoms with Crippen molar-refractivity contribution in [3.05, 3.63) is 24.3 Å². The highest BCUT2D eigenvalue weighted by Gasteiger charge is 2.01. The molecule has 0 saturated heterocycles. The molecule has 3 N–H and O–H groups in total. The average Bonchev–Trinajstić information content (AvgIpc) is 2.15. The number of rotatable bonds is 2. The van der Waals surface area contributed by atoms with Crippen molar-refractivity contribution >= 4 is 17.5 Å². The summed E-state index contributed by atoms with van der Waals surface area (Å²) in [7, 11) is 0. The topological polar surface area (TPSA) is 64.3 Å². The molecule has 0 aromatic heterocycles. The van der Waals surface area contributed by atoms with Gasteiger partial charge in [-0.05, 0) is 18.2 Å². The van der Waals surface area contributed by atoms with Gasteiger partial charge >= 0.3 is 6.09 Å². The third-order valence-corrected chi connectivity index (χ3v) is 1.42. The van der Waals surface area contributed by atoms with Crippen LogP contribution in [-0.2, 0) is 4.74 Å². The van der Waals surface area contributed by atoms with E-state index in [4.69, 9.17) is 12.2 Å². The number of carbonyl (C=O) groups is 1. The van der Waals surface area contributed by atoms with E-state index in [9.17, 15) is 4.79 Å². The summed E-state index contributed by atoms with van der Waals surface area (Å²) in [5.74, 6) is 2.19. The number of hydrogen-bond acceptors (Lipinski definition) is 3. The van der Waals surface area contributed by atoms with E-state index < -0.39 is 6.09 Å². The Morgan fingerprint density at radius 2 is 2.43 bits per heavy atom. The molecule has 1 aromatic carbocycles. The van der Waals surface area contributed by atoms with E-state index in [-0.39, 0.29) is 6.61 Å². The molecule has 72 valence electrons. The summed E-state index contributed by atoms with van der Waals surface area (Å²) in [4.78, 5) is 11.0. The molecule has 0 aliphatic heterocycles. The van der Waals surface area contributed by atoms with Gasteiger partial charge in [0.05, 0.1) is 0 Å². The first-order valence-electron chi connectivity index (χ1n) is 3.95. The van der Waals surface area contributed by atoms with Crippen LogP contribution in [0, 0.1) is 12.3 Å². The summed E-state index contributed by atoms with van der Waals surface area (Å²) >= 11 is 0. The zero-order chi connectivity index (χ0) is 10.4. The minimum absolute atomic E-state index is 0.0475. The van der Waals surface area contributed by atoms with Crippen LogP contribution in [0.15, 0.2) is 24.3 Å². The van der Waals surface area contributed by atoms with Gasteiger partial charge in [-0.3, -0.25) is 5.32 Å². The quantitative estimate of drug-likeness (QED) is 0.548. The number of nitrogens with two attached hydrogens (primary N) is 1. The van der Waals surface area contributed by atoms with Gasteiger partial charge in [0, 0.05) is 11.4 Å². The van der Waals surface area contributed by atoms with Crippen molar-refractivity contribution in [1.82, 2.24) is 0 Å². The highest BCUT2D eigenvalue weighted by atomic mass is 16.5. The summed E-state index contributed by atoms with van der Waals surface area (Å²) in [6.45, 7) is -0.0475. The van der Waals surface area contributed by atoms with E-state index in [2.05, 4.69) is 16.0 Å². The molecule has 0 unspecified atom stereocenters. The van der Waals surface area contributed by atoms with Crippen LogP contribution in [0.2, 0.25) is 0 Å². The van der Waals surface area contributed by atoms with E-state index in [1.165, 1.54) is 0 Å². The van der Waals surface area contributed by atoms with Gasteiger partial charge in [0.25, 0.3) is 0 Å². The Bertz CT molecular complexity index is 369. The Kier molecular flexibility index (Phi) is 3.39. The minimum atomic E-state index is -0.589. The second kappa shape index (κ2) is 4.77. The number of nitrogens with one attached hydrogen (secondary N) is 1. The minimum Gasteiger partial charge on any atom is -0.436 e. The lowest BCUT2D eigenvalue weighted by atomic mass is 10.3. The summed E-state index contributed by atoms with van der Waals surface area (Å²) in [6, 6.07) is 6.77. The predicted molar refractivity (Wildman–Crippen MR) is 54.7 cm³/mol. The summed E-state index contributed by atoms with van der Waals surface area (Å²) < 4.78 is 4.61. The predicted octanol–water partition coefficient (Wildman–Crippen LogP) is 1.45. The number of terminal acetylenes is 1. The molecule has 0 saturated carbocycles. The number of hydrogen-bond donors (Lipinski definition) is 2. The van der Waals surface area contributed by atoms with Crippen LogP contribution in [-0.4, -0.2) is 12.7 Å². The molecular weight excluding hydrogens is 180 g/mol. The average molecular weight is 190 g/mol. The lowest BCUT2D eigenvalue weighted by Crippen LogP contribution is -2.13. The molecule has 4 nitrogen and oxygen atoms in total. The van der Waals surface area contributed by atoms with E-state index in [0.717, 1.165) is 0 Å². The number of ether oxygens (including phenoxy) is 1. The molecule has 0 bridgehead atoms. The Balaban J connectivity index is 2.53. The first-order chi connectivity index (χ1) is 6.72. The SMILES string of the molecule is C#CCOC(=O)Nc1cccc(N)c1. The maximum absolute atomic E-state index is 11.0. The van der Waals surface area contributed by atoms with E-state index in [0.29, 0.717) is 11.4 Å². The van der Waals surface area contributed by atoms with Crippen molar-refractivity contribution in [2.45, 2.75) is 0 Å². The molecular formula is C10H10N2O2. The zero-order valence-corrected chi connectivity index (χ0v) is 7.49. The zero-order valence-electron chi connectivity index (χ0n) is 7.49. The molecule has 1 rings (SSSR count). The molecule has 0 spiro atoms. The number of amides is 1. The van der Waals surface area contributed by atoms with Gasteiger partial charge in [-0.15, -0.1) is 6.42 Å². The normalized spacial score (nSPS) is 8.79. The lowest BCUT2D eigenvalue weighted by molar-refractivity contribution is 0.176. The van der Waals surface area contributed by atoms with Crippen LogP contribution < -0.4 is 11.1 Å². The van der Waals surface area contributed by atoms with Crippen LogP contribution >= 0.6 is 0 Å². The third kappa shape index (κ3) is 3.07. The molecule has 14 heavy (non-hydrogen) atoms. The molecule has 4 heteroatoms. The number of carbonyl (C=O) groups excluding carboxylic acids is 1. The van der Waals surface area contributed by atoms with Crippen LogP contribution in [0.5, 0.6) is 0 Å². The monoisotopic (exact) mass is 190 g/mol. The molecule has 0 aliphatic rings. The molecule has 0 aliphatic carbocycles. The number of anilines is 2. The molecule has 0 radical (unpaired) electrons. The Morgan fingerprint density at radius 1 is 1.64 bits per heavy atom. The Morgan fingerprint density at radius 3 is 3.07 bits per heavy atom. The molecule has 1 aromatic rings. The largest absolute Gasteiger partial charge is 0.436 e. The van der Waals surface area contributed by atoms with Gasteiger partial charge < -0.3 is 10.5 Å². The molecule has 1 amide bonds. The van der Waals surface area contributed by atoms with Gasteiger partial charge in [0.15, 0.2) is 6.61 Å². The van der Waals surface area contributed by atoms with Gasteiger partial charge in [-0.2, -0.15) is 0 Å². The standard InChI is InChI=1S/C10H10N2O2/c1-2-6-14-10(13)12-9-5-3-4-8(11)7-9/h1,3-5,7H,6,11H2,(H,12,13). The van der Waals surface area contributed by atoms with Crippen molar-refractivity contribution in [3.8, 4) is 12.3 Å². The lowest BCUT2D eigenvalue weighted by Gasteiger charge is -2.04. The smallest absolute Gasteiger partial charge is 0.412 e. The van der Waals surface area contributed by atoms with Gasteiger partial charge in [0.2, 0.25) is 0 Å². The fraction of sp³-hybridized carbons (Fsp3) is 0.100. The van der Waals surface area contributed by atoms with Crippen molar-refractivity contribution in [2.24, 2.45) is 0 Å². The number of benzene rings is 1. The molecule has 0 heterocycles. The highest BCUT2D eigenvalue weighted by molar-refractivity contribution is 5.85.